The molecule has 20 heavy (non-hydrogen) atoms. The van der Waals surface area contributed by atoms with Crippen molar-refractivity contribution in [1.82, 2.24) is 4.31 Å². The first-order chi connectivity index (χ1) is 9.50. The zero-order chi connectivity index (χ0) is 14.3. The van der Waals surface area contributed by atoms with E-state index in [1.54, 1.807) is 10.4 Å². The largest absolute Gasteiger partial charge is 0.372 e. The highest BCUT2D eigenvalue weighted by Crippen LogP contribution is 2.31. The molecule has 2 saturated heterocycles. The van der Waals surface area contributed by atoms with Crippen LogP contribution in [0, 0.1) is 6.92 Å². The van der Waals surface area contributed by atoms with E-state index in [1.807, 2.05) is 19.1 Å². The van der Waals surface area contributed by atoms with E-state index in [4.69, 9.17) is 16.3 Å². The van der Waals surface area contributed by atoms with E-state index in [2.05, 4.69) is 0 Å². The first-order valence-corrected chi connectivity index (χ1v) is 8.79. The number of hydrogen-bond acceptors (Lipinski definition) is 3. The van der Waals surface area contributed by atoms with Crippen molar-refractivity contribution >= 4 is 21.6 Å². The lowest BCUT2D eigenvalue weighted by atomic mass is 10.2. The second-order valence-electron chi connectivity index (χ2n) is 5.51. The van der Waals surface area contributed by atoms with Crippen LogP contribution < -0.4 is 0 Å². The first kappa shape index (κ1) is 14.3. The number of alkyl halides is 1. The molecule has 2 unspecified atom stereocenters. The van der Waals surface area contributed by atoms with Gasteiger partial charge in [-0.2, -0.15) is 4.31 Å². The maximum Gasteiger partial charge on any atom is 0.243 e. The van der Waals surface area contributed by atoms with E-state index in [1.165, 1.54) is 0 Å². The van der Waals surface area contributed by atoms with Crippen LogP contribution in [0.3, 0.4) is 0 Å². The van der Waals surface area contributed by atoms with Crippen LogP contribution in [0.2, 0.25) is 0 Å². The molecule has 2 aliphatic heterocycles. The normalized spacial score (nSPS) is 26.9. The molecule has 0 radical (unpaired) electrons. The zero-order valence-electron chi connectivity index (χ0n) is 11.4. The number of nitrogens with zero attached hydrogens (tertiary/aromatic N) is 1. The standard InChI is InChI=1S/C14H18ClNO3S/c1-10-2-3-11(7-15)6-14(10)20(17,18)16-8-12-4-5-13(9-16)19-12/h2-3,6,12-13H,4-5,7-9H2,1H3. The molecule has 0 amide bonds. The van der Waals surface area contributed by atoms with Crippen molar-refractivity contribution < 1.29 is 13.2 Å². The van der Waals surface area contributed by atoms with Gasteiger partial charge in [-0.25, -0.2) is 8.42 Å². The lowest BCUT2D eigenvalue weighted by molar-refractivity contribution is -0.0114. The van der Waals surface area contributed by atoms with Gasteiger partial charge in [-0.05, 0) is 37.0 Å². The van der Waals surface area contributed by atoms with Gasteiger partial charge >= 0.3 is 0 Å². The quantitative estimate of drug-likeness (QED) is 0.804. The Bertz CT molecular complexity index is 605. The van der Waals surface area contributed by atoms with Gasteiger partial charge in [0.05, 0.1) is 17.1 Å². The van der Waals surface area contributed by atoms with Crippen molar-refractivity contribution in [2.45, 2.75) is 42.7 Å². The molecule has 3 rings (SSSR count). The average molecular weight is 316 g/mol. The smallest absolute Gasteiger partial charge is 0.243 e. The summed E-state index contributed by atoms with van der Waals surface area (Å²) in [5, 5.41) is 0. The lowest BCUT2D eigenvalue weighted by Crippen LogP contribution is -2.45. The summed E-state index contributed by atoms with van der Waals surface area (Å²) >= 11 is 5.82. The fourth-order valence-corrected chi connectivity index (χ4v) is 4.86. The summed E-state index contributed by atoms with van der Waals surface area (Å²) in [4.78, 5) is 0.372. The average Bonchev–Trinajstić information content (AvgIpc) is 2.77. The Labute approximate surface area is 124 Å². The summed E-state index contributed by atoms with van der Waals surface area (Å²) in [6.45, 7) is 2.74. The highest BCUT2D eigenvalue weighted by Gasteiger charge is 2.39. The minimum Gasteiger partial charge on any atom is -0.372 e. The Morgan fingerprint density at radius 1 is 1.30 bits per heavy atom. The van der Waals surface area contributed by atoms with E-state index < -0.39 is 10.0 Å². The van der Waals surface area contributed by atoms with E-state index in [0.717, 1.165) is 24.0 Å². The van der Waals surface area contributed by atoms with Crippen LogP contribution in [-0.4, -0.2) is 38.0 Å². The Balaban J connectivity index is 1.95. The molecule has 0 saturated carbocycles. The van der Waals surface area contributed by atoms with Crippen LogP contribution in [0.1, 0.15) is 24.0 Å². The molecule has 6 heteroatoms. The summed E-state index contributed by atoms with van der Waals surface area (Å²) in [7, 11) is -3.46. The fourth-order valence-electron chi connectivity index (χ4n) is 2.92. The minimum absolute atomic E-state index is 0.0556. The Morgan fingerprint density at radius 3 is 2.55 bits per heavy atom. The summed E-state index contributed by atoms with van der Waals surface area (Å²) in [6, 6.07) is 5.37. The Morgan fingerprint density at radius 2 is 1.95 bits per heavy atom. The molecule has 1 aromatic rings. The summed E-state index contributed by atoms with van der Waals surface area (Å²) in [5.41, 5.74) is 1.59. The molecule has 0 aliphatic carbocycles. The third-order valence-corrected chi connectivity index (χ3v) is 6.32. The van der Waals surface area contributed by atoms with Gasteiger partial charge in [-0.3, -0.25) is 0 Å². The zero-order valence-corrected chi connectivity index (χ0v) is 13.0. The molecule has 2 atom stereocenters. The van der Waals surface area contributed by atoms with Crippen molar-refractivity contribution in [2.75, 3.05) is 13.1 Å². The number of sulfonamides is 1. The summed E-state index contributed by atoms with van der Waals surface area (Å²) in [5.74, 6) is 0.317. The van der Waals surface area contributed by atoms with E-state index in [0.29, 0.717) is 23.9 Å². The number of hydrogen-bond donors (Lipinski definition) is 0. The molecule has 110 valence electrons. The van der Waals surface area contributed by atoms with Crippen molar-refractivity contribution in [3.8, 4) is 0 Å². The SMILES string of the molecule is Cc1ccc(CCl)cc1S(=O)(=O)N1CC2CCC(C1)O2. The van der Waals surface area contributed by atoms with Gasteiger partial charge in [-0.15, -0.1) is 11.6 Å². The maximum atomic E-state index is 12.8. The topological polar surface area (TPSA) is 46.6 Å². The number of halogens is 1. The highest BCUT2D eigenvalue weighted by atomic mass is 35.5. The van der Waals surface area contributed by atoms with Crippen molar-refractivity contribution in [3.63, 3.8) is 0 Å². The van der Waals surface area contributed by atoms with E-state index in [9.17, 15) is 8.42 Å². The number of fused-ring (bicyclic) bond motifs is 2. The van der Waals surface area contributed by atoms with E-state index >= 15 is 0 Å². The summed E-state index contributed by atoms with van der Waals surface area (Å²) < 4.78 is 32.9. The first-order valence-electron chi connectivity index (χ1n) is 6.82. The molecular weight excluding hydrogens is 298 g/mol. The monoisotopic (exact) mass is 315 g/mol. The molecule has 0 aromatic heterocycles. The number of ether oxygens (including phenoxy) is 1. The molecule has 2 heterocycles. The number of morpholine rings is 1. The Kier molecular flexibility index (Phi) is 3.79. The lowest BCUT2D eigenvalue weighted by Gasteiger charge is -2.31. The molecular formula is C14H18ClNO3S. The van der Waals surface area contributed by atoms with Crippen LogP contribution in [0.15, 0.2) is 23.1 Å². The number of rotatable bonds is 3. The van der Waals surface area contributed by atoms with Gasteiger partial charge in [0.2, 0.25) is 10.0 Å². The molecule has 2 fully saturated rings. The van der Waals surface area contributed by atoms with Crippen molar-refractivity contribution in [2.24, 2.45) is 0 Å². The molecule has 0 N–H and O–H groups in total. The van der Waals surface area contributed by atoms with Crippen LogP contribution in [0.5, 0.6) is 0 Å². The van der Waals surface area contributed by atoms with Gasteiger partial charge in [0, 0.05) is 19.0 Å². The van der Waals surface area contributed by atoms with Gasteiger partial charge in [0.25, 0.3) is 0 Å². The Hall–Kier alpha value is -0.620. The summed E-state index contributed by atoms with van der Waals surface area (Å²) in [6.07, 6.45) is 2.02. The predicted molar refractivity (Wildman–Crippen MR) is 77.4 cm³/mol. The van der Waals surface area contributed by atoms with Crippen LogP contribution >= 0.6 is 11.6 Å². The second-order valence-corrected chi connectivity index (χ2v) is 7.69. The van der Waals surface area contributed by atoms with Crippen molar-refractivity contribution in [1.29, 1.82) is 0 Å². The second kappa shape index (κ2) is 5.30. The van der Waals surface area contributed by atoms with E-state index in [-0.39, 0.29) is 12.2 Å². The number of benzene rings is 1. The van der Waals surface area contributed by atoms with Crippen LogP contribution in [-0.2, 0) is 20.6 Å². The fraction of sp³-hybridized carbons (Fsp3) is 0.571. The molecule has 2 aliphatic rings. The number of aryl methyl sites for hydroxylation is 1. The van der Waals surface area contributed by atoms with Gasteiger partial charge in [-0.1, -0.05) is 12.1 Å². The highest BCUT2D eigenvalue weighted by molar-refractivity contribution is 7.89. The van der Waals surface area contributed by atoms with Gasteiger partial charge in [0.15, 0.2) is 0 Å². The van der Waals surface area contributed by atoms with Crippen molar-refractivity contribution in [3.05, 3.63) is 29.3 Å². The third kappa shape index (κ3) is 2.48. The third-order valence-electron chi connectivity index (χ3n) is 4.03. The molecule has 2 bridgehead atoms. The molecule has 4 nitrogen and oxygen atoms in total. The van der Waals surface area contributed by atoms with Crippen LogP contribution in [0.4, 0.5) is 0 Å². The minimum atomic E-state index is -3.46. The van der Waals surface area contributed by atoms with Gasteiger partial charge in [0.1, 0.15) is 0 Å². The van der Waals surface area contributed by atoms with Crippen LogP contribution in [0.25, 0.3) is 0 Å². The molecule has 1 aromatic carbocycles. The maximum absolute atomic E-state index is 12.8. The van der Waals surface area contributed by atoms with Gasteiger partial charge < -0.3 is 4.74 Å². The molecule has 0 spiro atoms. The predicted octanol–water partition coefficient (Wildman–Crippen LogP) is 2.29.